The highest BCUT2D eigenvalue weighted by molar-refractivity contribution is 5.94. The SMILES string of the molecule is CC(C(=O)Nc1ccccc1F)N1CCCCCC1. The number of nitrogens with one attached hydrogen (secondary N) is 1. The van der Waals surface area contributed by atoms with Crippen LogP contribution in [0.1, 0.15) is 32.6 Å². The number of likely N-dealkylation sites (tertiary alicyclic amines) is 1. The molecule has 1 atom stereocenters. The second-order valence-electron chi connectivity index (χ2n) is 5.10. The van der Waals surface area contributed by atoms with Gasteiger partial charge in [-0.3, -0.25) is 9.69 Å². The van der Waals surface area contributed by atoms with Crippen LogP contribution in [0.2, 0.25) is 0 Å². The lowest BCUT2D eigenvalue weighted by Crippen LogP contribution is -2.42. The Morgan fingerprint density at radius 3 is 2.47 bits per heavy atom. The van der Waals surface area contributed by atoms with Crippen LogP contribution in [0, 0.1) is 5.82 Å². The Morgan fingerprint density at radius 2 is 1.84 bits per heavy atom. The quantitative estimate of drug-likeness (QED) is 0.910. The summed E-state index contributed by atoms with van der Waals surface area (Å²) in [4.78, 5) is 14.3. The molecule has 19 heavy (non-hydrogen) atoms. The van der Waals surface area contributed by atoms with Gasteiger partial charge in [0.2, 0.25) is 5.91 Å². The lowest BCUT2D eigenvalue weighted by Gasteiger charge is -2.26. The molecule has 0 radical (unpaired) electrons. The number of para-hydroxylation sites is 1. The standard InChI is InChI=1S/C15H21FN2O/c1-12(18-10-6-2-3-7-11-18)15(19)17-14-9-5-4-8-13(14)16/h4-5,8-9,12H,2-3,6-7,10-11H2,1H3,(H,17,19). The van der Waals surface area contributed by atoms with E-state index in [1.165, 1.54) is 18.9 Å². The van der Waals surface area contributed by atoms with E-state index in [0.29, 0.717) is 0 Å². The van der Waals surface area contributed by atoms with E-state index in [-0.39, 0.29) is 23.5 Å². The summed E-state index contributed by atoms with van der Waals surface area (Å²) in [6.45, 7) is 3.79. The third-order valence-corrected chi connectivity index (χ3v) is 3.70. The number of rotatable bonds is 3. The average Bonchev–Trinajstić information content (AvgIpc) is 2.69. The number of benzene rings is 1. The monoisotopic (exact) mass is 264 g/mol. The molecule has 0 spiro atoms. The first kappa shape index (κ1) is 14.0. The summed E-state index contributed by atoms with van der Waals surface area (Å²) in [5.41, 5.74) is 0.258. The van der Waals surface area contributed by atoms with Crippen LogP contribution in [0.25, 0.3) is 0 Å². The summed E-state index contributed by atoms with van der Waals surface area (Å²) in [5.74, 6) is -0.522. The summed E-state index contributed by atoms with van der Waals surface area (Å²) >= 11 is 0. The van der Waals surface area contributed by atoms with Crippen molar-refractivity contribution in [1.82, 2.24) is 4.90 Å². The van der Waals surface area contributed by atoms with Crippen LogP contribution in [-0.4, -0.2) is 29.9 Å². The molecule has 1 aliphatic heterocycles. The van der Waals surface area contributed by atoms with Crippen LogP contribution in [0.4, 0.5) is 10.1 Å². The molecule has 1 heterocycles. The Kier molecular flexibility index (Phi) is 4.91. The molecule has 1 aliphatic rings. The van der Waals surface area contributed by atoms with Crippen LogP contribution in [0.15, 0.2) is 24.3 Å². The molecule has 1 unspecified atom stereocenters. The highest BCUT2D eigenvalue weighted by atomic mass is 19.1. The maximum absolute atomic E-state index is 13.5. The van der Waals surface area contributed by atoms with Crippen molar-refractivity contribution < 1.29 is 9.18 Å². The molecule has 1 aromatic carbocycles. The Morgan fingerprint density at radius 1 is 1.21 bits per heavy atom. The van der Waals surface area contributed by atoms with Crippen molar-refractivity contribution in [2.24, 2.45) is 0 Å². The molecule has 0 bridgehead atoms. The Bertz CT molecular complexity index is 428. The zero-order valence-corrected chi connectivity index (χ0v) is 11.4. The molecule has 2 rings (SSSR count). The van der Waals surface area contributed by atoms with Crippen molar-refractivity contribution in [3.8, 4) is 0 Å². The zero-order valence-electron chi connectivity index (χ0n) is 11.4. The summed E-state index contributed by atoms with van der Waals surface area (Å²) < 4.78 is 13.5. The van der Waals surface area contributed by atoms with E-state index in [1.54, 1.807) is 18.2 Å². The van der Waals surface area contributed by atoms with Gasteiger partial charge in [-0.05, 0) is 45.0 Å². The van der Waals surface area contributed by atoms with Gasteiger partial charge in [-0.2, -0.15) is 0 Å². The van der Waals surface area contributed by atoms with Gasteiger partial charge in [0, 0.05) is 0 Å². The summed E-state index contributed by atoms with van der Waals surface area (Å²) in [7, 11) is 0. The summed E-state index contributed by atoms with van der Waals surface area (Å²) in [6, 6.07) is 6.06. The predicted molar refractivity (Wildman–Crippen MR) is 74.5 cm³/mol. The van der Waals surface area contributed by atoms with E-state index >= 15 is 0 Å². The van der Waals surface area contributed by atoms with Crippen LogP contribution in [0.5, 0.6) is 0 Å². The third kappa shape index (κ3) is 3.77. The third-order valence-electron chi connectivity index (χ3n) is 3.70. The first-order valence-corrected chi connectivity index (χ1v) is 6.98. The van der Waals surface area contributed by atoms with E-state index in [9.17, 15) is 9.18 Å². The van der Waals surface area contributed by atoms with E-state index in [1.807, 2.05) is 6.92 Å². The average molecular weight is 264 g/mol. The van der Waals surface area contributed by atoms with E-state index in [2.05, 4.69) is 10.2 Å². The molecule has 1 N–H and O–H groups in total. The van der Waals surface area contributed by atoms with Crippen molar-refractivity contribution >= 4 is 11.6 Å². The molecular weight excluding hydrogens is 243 g/mol. The van der Waals surface area contributed by atoms with Gasteiger partial charge in [-0.25, -0.2) is 4.39 Å². The van der Waals surface area contributed by atoms with Gasteiger partial charge in [0.1, 0.15) is 5.82 Å². The fourth-order valence-corrected chi connectivity index (χ4v) is 2.45. The lowest BCUT2D eigenvalue weighted by atomic mass is 10.2. The van der Waals surface area contributed by atoms with Crippen molar-refractivity contribution in [1.29, 1.82) is 0 Å². The maximum Gasteiger partial charge on any atom is 0.241 e. The van der Waals surface area contributed by atoms with Gasteiger partial charge in [-0.1, -0.05) is 25.0 Å². The molecule has 0 aliphatic carbocycles. The minimum atomic E-state index is -0.390. The molecule has 0 saturated carbocycles. The smallest absolute Gasteiger partial charge is 0.241 e. The number of hydrogen-bond acceptors (Lipinski definition) is 2. The number of amides is 1. The lowest BCUT2D eigenvalue weighted by molar-refractivity contribution is -0.120. The predicted octanol–water partition coefficient (Wildman–Crippen LogP) is 3.03. The molecule has 1 saturated heterocycles. The molecule has 3 nitrogen and oxygen atoms in total. The number of nitrogens with zero attached hydrogens (tertiary/aromatic N) is 1. The molecule has 4 heteroatoms. The van der Waals surface area contributed by atoms with E-state index in [0.717, 1.165) is 25.9 Å². The van der Waals surface area contributed by atoms with Crippen molar-refractivity contribution in [2.45, 2.75) is 38.6 Å². The van der Waals surface area contributed by atoms with Gasteiger partial charge in [0.15, 0.2) is 0 Å². The molecule has 1 aromatic rings. The zero-order chi connectivity index (χ0) is 13.7. The second-order valence-corrected chi connectivity index (χ2v) is 5.10. The van der Waals surface area contributed by atoms with Crippen LogP contribution in [0.3, 0.4) is 0 Å². The Hall–Kier alpha value is -1.42. The fourth-order valence-electron chi connectivity index (χ4n) is 2.45. The Labute approximate surface area is 113 Å². The molecular formula is C15H21FN2O. The van der Waals surface area contributed by atoms with Gasteiger partial charge in [0.05, 0.1) is 11.7 Å². The van der Waals surface area contributed by atoms with Gasteiger partial charge < -0.3 is 5.32 Å². The fraction of sp³-hybridized carbons (Fsp3) is 0.533. The summed E-state index contributed by atoms with van der Waals surface area (Å²) in [5, 5.41) is 2.67. The minimum Gasteiger partial charge on any atom is -0.322 e. The van der Waals surface area contributed by atoms with Gasteiger partial charge >= 0.3 is 0 Å². The number of halogens is 1. The van der Waals surface area contributed by atoms with E-state index < -0.39 is 0 Å². The van der Waals surface area contributed by atoms with Crippen LogP contribution < -0.4 is 5.32 Å². The highest BCUT2D eigenvalue weighted by Crippen LogP contribution is 2.16. The molecule has 1 amide bonds. The second kappa shape index (κ2) is 6.66. The van der Waals surface area contributed by atoms with Crippen molar-refractivity contribution in [3.05, 3.63) is 30.1 Å². The van der Waals surface area contributed by atoms with E-state index in [4.69, 9.17) is 0 Å². The van der Waals surface area contributed by atoms with Gasteiger partial charge in [0.25, 0.3) is 0 Å². The highest BCUT2D eigenvalue weighted by Gasteiger charge is 2.22. The molecule has 1 fully saturated rings. The largest absolute Gasteiger partial charge is 0.322 e. The van der Waals surface area contributed by atoms with Crippen LogP contribution in [-0.2, 0) is 4.79 Å². The molecule has 104 valence electrons. The topological polar surface area (TPSA) is 32.3 Å². The number of hydrogen-bond donors (Lipinski definition) is 1. The van der Waals surface area contributed by atoms with Crippen molar-refractivity contribution in [2.75, 3.05) is 18.4 Å². The first-order valence-electron chi connectivity index (χ1n) is 6.98. The molecule has 0 aromatic heterocycles. The minimum absolute atomic E-state index is 0.132. The maximum atomic E-state index is 13.5. The first-order chi connectivity index (χ1) is 9.18. The number of carbonyl (C=O) groups is 1. The number of anilines is 1. The van der Waals surface area contributed by atoms with Crippen LogP contribution >= 0.6 is 0 Å². The normalized spacial score (nSPS) is 18.6. The Balaban J connectivity index is 1.97. The van der Waals surface area contributed by atoms with Gasteiger partial charge in [-0.15, -0.1) is 0 Å². The summed E-state index contributed by atoms with van der Waals surface area (Å²) in [6.07, 6.45) is 4.74. The van der Waals surface area contributed by atoms with Crippen molar-refractivity contribution in [3.63, 3.8) is 0 Å². The number of carbonyl (C=O) groups excluding carboxylic acids is 1.